The van der Waals surface area contributed by atoms with E-state index < -0.39 is 0 Å². The molecule has 0 saturated carbocycles. The molecule has 0 fully saturated rings. The minimum Gasteiger partial charge on any atom is -0.338 e. The van der Waals surface area contributed by atoms with Crippen LogP contribution in [0.2, 0.25) is 0 Å². The summed E-state index contributed by atoms with van der Waals surface area (Å²) in [6, 6.07) is 0. The van der Waals surface area contributed by atoms with E-state index in [1.807, 2.05) is 6.92 Å². The van der Waals surface area contributed by atoms with E-state index in [0.717, 1.165) is 29.5 Å². The second-order valence-corrected chi connectivity index (χ2v) is 8.48. The van der Waals surface area contributed by atoms with E-state index in [4.69, 9.17) is 9.51 Å². The number of hydrogen-bond acceptors (Lipinski definition) is 7. The van der Waals surface area contributed by atoms with Crippen LogP contribution < -0.4 is 5.56 Å². The second kappa shape index (κ2) is 6.00. The van der Waals surface area contributed by atoms with Gasteiger partial charge in [-0.2, -0.15) is 4.98 Å². The van der Waals surface area contributed by atoms with Crippen LogP contribution in [0.3, 0.4) is 0 Å². The lowest BCUT2D eigenvalue weighted by atomic mass is 9.97. The molecule has 3 aromatic heterocycles. The lowest BCUT2D eigenvalue weighted by Crippen LogP contribution is -2.20. The van der Waals surface area contributed by atoms with E-state index in [9.17, 15) is 4.79 Å². The number of rotatable bonds is 3. The molecular weight excluding hydrogens is 344 g/mol. The van der Waals surface area contributed by atoms with Crippen molar-refractivity contribution in [3.63, 3.8) is 0 Å². The highest BCUT2D eigenvalue weighted by Gasteiger charge is 2.23. The van der Waals surface area contributed by atoms with Crippen molar-refractivity contribution in [2.24, 2.45) is 7.05 Å². The minimum atomic E-state index is -0.0589. The predicted octanol–water partition coefficient (Wildman–Crippen LogP) is 3.42. The Bertz CT molecular complexity index is 973. The van der Waals surface area contributed by atoms with Crippen molar-refractivity contribution in [1.29, 1.82) is 0 Å². The molecule has 3 aromatic rings. The summed E-state index contributed by atoms with van der Waals surface area (Å²) in [4.78, 5) is 24.1. The third-order valence-electron chi connectivity index (χ3n) is 4.33. The summed E-state index contributed by atoms with van der Waals surface area (Å²) in [5.74, 6) is 1.16. The maximum absolute atomic E-state index is 12.9. The Labute approximate surface area is 147 Å². The quantitative estimate of drug-likeness (QED) is 0.525. The van der Waals surface area contributed by atoms with E-state index in [1.54, 1.807) is 29.9 Å². The molecule has 4 rings (SSSR count). The van der Waals surface area contributed by atoms with Gasteiger partial charge >= 0.3 is 0 Å². The fraction of sp³-hybridized carbons (Fsp3) is 0.500. The van der Waals surface area contributed by atoms with E-state index in [1.165, 1.54) is 28.6 Å². The molecule has 0 aliphatic heterocycles. The Morgan fingerprint density at radius 2 is 2.08 bits per heavy atom. The Balaban J connectivity index is 1.76. The molecule has 1 aliphatic rings. The molecule has 0 radical (unpaired) electrons. The van der Waals surface area contributed by atoms with Crippen LogP contribution in [0, 0.1) is 6.92 Å². The van der Waals surface area contributed by atoms with Gasteiger partial charge in [-0.1, -0.05) is 16.9 Å². The molecule has 0 amide bonds. The van der Waals surface area contributed by atoms with Crippen LogP contribution in [-0.2, 0) is 19.9 Å². The Morgan fingerprint density at radius 3 is 2.83 bits per heavy atom. The van der Waals surface area contributed by atoms with Crippen molar-refractivity contribution in [3.8, 4) is 0 Å². The fourth-order valence-corrected chi connectivity index (χ4v) is 5.27. The van der Waals surface area contributed by atoms with E-state index in [0.29, 0.717) is 16.9 Å². The Morgan fingerprint density at radius 1 is 1.29 bits per heavy atom. The Kier molecular flexibility index (Phi) is 3.96. The first-order valence-electron chi connectivity index (χ1n) is 8.02. The summed E-state index contributed by atoms with van der Waals surface area (Å²) in [7, 11) is 1.79. The average molecular weight is 362 g/mol. The van der Waals surface area contributed by atoms with Crippen LogP contribution >= 0.6 is 23.1 Å². The molecular formula is C16H18N4O2S2. The first-order valence-corrected chi connectivity index (χ1v) is 9.72. The molecule has 1 aliphatic carbocycles. The fourth-order valence-electron chi connectivity index (χ4n) is 3.06. The van der Waals surface area contributed by atoms with Gasteiger partial charge < -0.3 is 4.52 Å². The van der Waals surface area contributed by atoms with Gasteiger partial charge in [0.15, 0.2) is 11.0 Å². The van der Waals surface area contributed by atoms with Crippen LogP contribution in [0.25, 0.3) is 10.2 Å². The zero-order valence-corrected chi connectivity index (χ0v) is 15.5. The normalized spacial score (nSPS) is 15.6. The standard InChI is InChI=1S/C16H18N4O2S2/c1-8(13-17-9(2)19-22-13)23-16-18-14-12(15(21)20(16)3)10-6-4-5-7-11(10)24-14/h8H,4-7H2,1-3H3. The summed E-state index contributed by atoms with van der Waals surface area (Å²) in [6.45, 7) is 3.77. The van der Waals surface area contributed by atoms with Crippen LogP contribution in [0.15, 0.2) is 14.5 Å². The van der Waals surface area contributed by atoms with Crippen molar-refractivity contribution >= 4 is 33.3 Å². The second-order valence-electron chi connectivity index (χ2n) is 6.09. The smallest absolute Gasteiger partial charge is 0.262 e. The molecule has 0 spiro atoms. The molecule has 1 unspecified atom stereocenters. The van der Waals surface area contributed by atoms with Crippen molar-refractivity contribution in [2.45, 2.75) is 49.9 Å². The van der Waals surface area contributed by atoms with Crippen LogP contribution in [-0.4, -0.2) is 19.7 Å². The lowest BCUT2D eigenvalue weighted by molar-refractivity contribution is 0.376. The summed E-state index contributed by atoms with van der Waals surface area (Å²) in [5.41, 5.74) is 1.28. The Hall–Kier alpha value is -1.67. The SMILES string of the molecule is Cc1noc(C(C)Sc2nc3sc4c(c3c(=O)n2C)CCCC4)n1. The lowest BCUT2D eigenvalue weighted by Gasteiger charge is -2.11. The van der Waals surface area contributed by atoms with Crippen molar-refractivity contribution in [3.05, 3.63) is 32.5 Å². The first kappa shape index (κ1) is 15.8. The molecule has 24 heavy (non-hydrogen) atoms. The molecule has 0 saturated heterocycles. The highest BCUT2D eigenvalue weighted by atomic mass is 32.2. The van der Waals surface area contributed by atoms with Gasteiger partial charge in [0.1, 0.15) is 4.83 Å². The summed E-state index contributed by atoms with van der Waals surface area (Å²) >= 11 is 3.15. The molecule has 6 nitrogen and oxygen atoms in total. The third kappa shape index (κ3) is 2.57. The monoisotopic (exact) mass is 362 g/mol. The predicted molar refractivity (Wildman–Crippen MR) is 94.8 cm³/mol. The largest absolute Gasteiger partial charge is 0.338 e. The molecule has 1 atom stereocenters. The van der Waals surface area contributed by atoms with Gasteiger partial charge in [0.25, 0.3) is 5.56 Å². The number of thioether (sulfide) groups is 1. The van der Waals surface area contributed by atoms with Crippen LogP contribution in [0.1, 0.15) is 47.2 Å². The highest BCUT2D eigenvalue weighted by molar-refractivity contribution is 7.99. The van der Waals surface area contributed by atoms with Gasteiger partial charge in [-0.15, -0.1) is 11.3 Å². The molecule has 0 N–H and O–H groups in total. The van der Waals surface area contributed by atoms with Gasteiger partial charge in [0, 0.05) is 11.9 Å². The van der Waals surface area contributed by atoms with Gasteiger partial charge in [-0.3, -0.25) is 9.36 Å². The number of aromatic nitrogens is 4. The van der Waals surface area contributed by atoms with Crippen molar-refractivity contribution in [1.82, 2.24) is 19.7 Å². The number of hydrogen-bond donors (Lipinski definition) is 0. The van der Waals surface area contributed by atoms with Crippen molar-refractivity contribution < 1.29 is 4.52 Å². The summed E-state index contributed by atoms with van der Waals surface area (Å²) in [6.07, 6.45) is 4.43. The zero-order valence-electron chi connectivity index (χ0n) is 13.8. The van der Waals surface area contributed by atoms with E-state index in [2.05, 4.69) is 10.1 Å². The number of fused-ring (bicyclic) bond motifs is 3. The summed E-state index contributed by atoms with van der Waals surface area (Å²) in [5, 5.41) is 5.28. The van der Waals surface area contributed by atoms with Crippen LogP contribution in [0.5, 0.6) is 0 Å². The summed E-state index contributed by atoms with van der Waals surface area (Å²) < 4.78 is 6.87. The van der Waals surface area contributed by atoms with Crippen molar-refractivity contribution in [2.75, 3.05) is 0 Å². The number of thiophene rings is 1. The molecule has 0 aromatic carbocycles. The minimum absolute atomic E-state index is 0.0517. The average Bonchev–Trinajstić information content (AvgIpc) is 3.15. The van der Waals surface area contributed by atoms with E-state index in [-0.39, 0.29) is 10.8 Å². The van der Waals surface area contributed by atoms with Crippen LogP contribution in [0.4, 0.5) is 0 Å². The molecule has 8 heteroatoms. The first-order chi connectivity index (χ1) is 11.5. The van der Waals surface area contributed by atoms with Gasteiger partial charge in [0.05, 0.1) is 10.6 Å². The highest BCUT2D eigenvalue weighted by Crippen LogP contribution is 2.37. The maximum Gasteiger partial charge on any atom is 0.262 e. The molecule has 3 heterocycles. The van der Waals surface area contributed by atoms with Gasteiger partial charge in [0.2, 0.25) is 5.89 Å². The molecule has 126 valence electrons. The van der Waals surface area contributed by atoms with Gasteiger partial charge in [-0.05, 0) is 45.1 Å². The topological polar surface area (TPSA) is 73.8 Å². The zero-order chi connectivity index (χ0) is 16.8. The number of nitrogens with zero attached hydrogens (tertiary/aromatic N) is 4. The van der Waals surface area contributed by atoms with E-state index >= 15 is 0 Å². The maximum atomic E-state index is 12.9. The van der Waals surface area contributed by atoms with Gasteiger partial charge in [-0.25, -0.2) is 4.98 Å². The third-order valence-corrected chi connectivity index (χ3v) is 6.65. The molecule has 0 bridgehead atoms. The number of aryl methyl sites for hydroxylation is 3.